The molecule has 1 aliphatic heterocycles. The molecule has 1 saturated heterocycles. The molecule has 0 amide bonds. The van der Waals surface area contributed by atoms with E-state index in [-0.39, 0.29) is 11.9 Å². The monoisotopic (exact) mass is 280 g/mol. The molecule has 0 aliphatic carbocycles. The number of ether oxygens (including phenoxy) is 1. The number of benzene rings is 1. The molecule has 2 unspecified atom stereocenters. The topological polar surface area (TPSA) is 24.5 Å². The Bertz CT molecular complexity index is 432. The summed E-state index contributed by atoms with van der Waals surface area (Å²) in [5.74, 6) is 0.0126. The van der Waals surface area contributed by atoms with Crippen molar-refractivity contribution in [3.05, 3.63) is 29.6 Å². The summed E-state index contributed by atoms with van der Waals surface area (Å²) >= 11 is 0. The first-order valence-electron chi connectivity index (χ1n) is 7.39. The van der Waals surface area contributed by atoms with Gasteiger partial charge in [0.2, 0.25) is 0 Å². The van der Waals surface area contributed by atoms with Crippen LogP contribution in [-0.4, -0.2) is 38.2 Å². The Hall–Kier alpha value is -1.13. The van der Waals surface area contributed by atoms with E-state index in [0.717, 1.165) is 18.7 Å². The molecular formula is C16H25FN2O. The van der Waals surface area contributed by atoms with Crippen molar-refractivity contribution in [3.8, 4) is 5.75 Å². The van der Waals surface area contributed by atoms with Gasteiger partial charge in [-0.05, 0) is 51.1 Å². The first-order valence-corrected chi connectivity index (χ1v) is 7.39. The maximum absolute atomic E-state index is 13.8. The largest absolute Gasteiger partial charge is 0.494 e. The van der Waals surface area contributed by atoms with Crippen molar-refractivity contribution in [2.75, 3.05) is 27.2 Å². The summed E-state index contributed by atoms with van der Waals surface area (Å²) in [5, 5.41) is 3.55. The van der Waals surface area contributed by atoms with Crippen LogP contribution >= 0.6 is 0 Å². The molecule has 2 rings (SSSR count). The zero-order valence-corrected chi connectivity index (χ0v) is 12.7. The van der Waals surface area contributed by atoms with Crippen molar-refractivity contribution in [1.82, 2.24) is 10.2 Å². The van der Waals surface area contributed by atoms with Crippen molar-refractivity contribution in [2.45, 2.75) is 38.3 Å². The summed E-state index contributed by atoms with van der Waals surface area (Å²) in [6.07, 6.45) is 3.81. The number of halogens is 1. The first kappa shape index (κ1) is 15.3. The van der Waals surface area contributed by atoms with Crippen molar-refractivity contribution in [2.24, 2.45) is 0 Å². The minimum Gasteiger partial charge on any atom is -0.494 e. The molecule has 1 N–H and O–H groups in total. The van der Waals surface area contributed by atoms with Gasteiger partial charge in [0.05, 0.1) is 7.11 Å². The second-order valence-electron chi connectivity index (χ2n) is 5.66. The van der Waals surface area contributed by atoms with Crippen LogP contribution in [0.3, 0.4) is 0 Å². The zero-order chi connectivity index (χ0) is 14.5. The predicted octanol–water partition coefficient (Wildman–Crippen LogP) is 2.97. The van der Waals surface area contributed by atoms with E-state index in [0.29, 0.717) is 11.8 Å². The van der Waals surface area contributed by atoms with Crippen LogP contribution in [0.25, 0.3) is 0 Å². The molecule has 3 nitrogen and oxygen atoms in total. The van der Waals surface area contributed by atoms with E-state index in [1.807, 2.05) is 6.07 Å². The lowest BCUT2D eigenvalue weighted by Crippen LogP contribution is -2.43. The Kier molecular flexibility index (Phi) is 5.38. The molecule has 1 aromatic rings. The molecular weight excluding hydrogens is 255 g/mol. The maximum atomic E-state index is 13.8. The lowest BCUT2D eigenvalue weighted by atomic mass is 10.0. The van der Waals surface area contributed by atoms with E-state index < -0.39 is 0 Å². The minimum absolute atomic E-state index is 0.194. The predicted molar refractivity (Wildman–Crippen MR) is 79.6 cm³/mol. The van der Waals surface area contributed by atoms with E-state index in [1.54, 1.807) is 12.1 Å². The van der Waals surface area contributed by atoms with E-state index in [1.165, 1.54) is 26.4 Å². The number of nitrogens with one attached hydrogen (secondary N) is 1. The van der Waals surface area contributed by atoms with Gasteiger partial charge in [0.1, 0.15) is 0 Å². The Morgan fingerprint density at radius 1 is 1.45 bits per heavy atom. The van der Waals surface area contributed by atoms with Crippen LogP contribution in [0.15, 0.2) is 18.2 Å². The van der Waals surface area contributed by atoms with Gasteiger partial charge in [0.15, 0.2) is 11.6 Å². The lowest BCUT2D eigenvalue weighted by molar-refractivity contribution is 0.214. The molecule has 1 heterocycles. The first-order chi connectivity index (χ1) is 9.61. The highest BCUT2D eigenvalue weighted by molar-refractivity contribution is 5.30. The van der Waals surface area contributed by atoms with Gasteiger partial charge in [0, 0.05) is 18.6 Å². The third-order valence-electron chi connectivity index (χ3n) is 4.24. The average Bonchev–Trinajstić information content (AvgIpc) is 2.47. The van der Waals surface area contributed by atoms with Crippen molar-refractivity contribution < 1.29 is 9.13 Å². The Labute approximate surface area is 121 Å². The zero-order valence-electron chi connectivity index (χ0n) is 12.7. The van der Waals surface area contributed by atoms with Crippen LogP contribution in [0.4, 0.5) is 4.39 Å². The molecule has 1 fully saturated rings. The van der Waals surface area contributed by atoms with Gasteiger partial charge in [0.25, 0.3) is 0 Å². The van der Waals surface area contributed by atoms with Crippen molar-refractivity contribution in [3.63, 3.8) is 0 Å². The van der Waals surface area contributed by atoms with Gasteiger partial charge in [-0.25, -0.2) is 4.39 Å². The van der Waals surface area contributed by atoms with Gasteiger partial charge in [-0.1, -0.05) is 12.5 Å². The van der Waals surface area contributed by atoms with Crippen LogP contribution in [0.2, 0.25) is 0 Å². The molecule has 20 heavy (non-hydrogen) atoms. The lowest BCUT2D eigenvalue weighted by Gasteiger charge is -2.32. The quantitative estimate of drug-likeness (QED) is 0.897. The SMILES string of the molecule is COc1ccc(C(C)N(C)CC2CCCCN2)cc1F. The van der Waals surface area contributed by atoms with Gasteiger partial charge < -0.3 is 10.1 Å². The highest BCUT2D eigenvalue weighted by Gasteiger charge is 2.19. The number of nitrogens with zero attached hydrogens (tertiary/aromatic N) is 1. The molecule has 0 spiro atoms. The Balaban J connectivity index is 1.98. The molecule has 0 bridgehead atoms. The molecule has 0 saturated carbocycles. The second-order valence-corrected chi connectivity index (χ2v) is 5.66. The summed E-state index contributed by atoms with van der Waals surface area (Å²) in [6.45, 7) is 4.23. The number of likely N-dealkylation sites (N-methyl/N-ethyl adjacent to an activating group) is 1. The third kappa shape index (κ3) is 3.70. The normalized spacial score (nSPS) is 20.9. The average molecular weight is 280 g/mol. The summed E-state index contributed by atoms with van der Waals surface area (Å²) in [7, 11) is 3.59. The number of piperidine rings is 1. The van der Waals surface area contributed by atoms with Crippen molar-refractivity contribution in [1.29, 1.82) is 0 Å². The van der Waals surface area contributed by atoms with E-state index in [2.05, 4.69) is 24.2 Å². The van der Waals surface area contributed by atoms with Crippen molar-refractivity contribution >= 4 is 0 Å². The summed E-state index contributed by atoms with van der Waals surface area (Å²) in [5.41, 5.74) is 0.988. The molecule has 1 aliphatic rings. The maximum Gasteiger partial charge on any atom is 0.165 e. The fraction of sp³-hybridized carbons (Fsp3) is 0.625. The number of hydrogen-bond donors (Lipinski definition) is 1. The molecule has 0 radical (unpaired) electrons. The number of rotatable bonds is 5. The molecule has 4 heteroatoms. The smallest absolute Gasteiger partial charge is 0.165 e. The Morgan fingerprint density at radius 2 is 2.25 bits per heavy atom. The number of methoxy groups -OCH3 is 1. The molecule has 112 valence electrons. The summed E-state index contributed by atoms with van der Waals surface area (Å²) < 4.78 is 18.7. The number of hydrogen-bond acceptors (Lipinski definition) is 3. The van der Waals surface area contributed by atoms with E-state index in [9.17, 15) is 4.39 Å². The van der Waals surface area contributed by atoms with Crippen LogP contribution in [0.5, 0.6) is 5.75 Å². The van der Waals surface area contributed by atoms with Gasteiger partial charge >= 0.3 is 0 Å². The second kappa shape index (κ2) is 7.04. The Morgan fingerprint density at radius 3 is 2.85 bits per heavy atom. The van der Waals surface area contributed by atoms with Gasteiger partial charge in [-0.15, -0.1) is 0 Å². The van der Waals surface area contributed by atoms with E-state index in [4.69, 9.17) is 4.74 Å². The minimum atomic E-state index is -0.291. The van der Waals surface area contributed by atoms with Crippen LogP contribution < -0.4 is 10.1 Å². The fourth-order valence-corrected chi connectivity index (χ4v) is 2.78. The van der Waals surface area contributed by atoms with Gasteiger partial charge in [-0.3, -0.25) is 4.90 Å². The standard InChI is InChI=1S/C16H25FN2O/c1-12(13-7-8-16(20-3)15(17)10-13)19(2)11-14-6-4-5-9-18-14/h7-8,10,12,14,18H,4-6,9,11H2,1-3H3. The van der Waals surface area contributed by atoms with Crippen LogP contribution in [-0.2, 0) is 0 Å². The highest BCUT2D eigenvalue weighted by atomic mass is 19.1. The third-order valence-corrected chi connectivity index (χ3v) is 4.24. The van der Waals surface area contributed by atoms with Crippen LogP contribution in [0.1, 0.15) is 37.8 Å². The van der Waals surface area contributed by atoms with Crippen LogP contribution in [0, 0.1) is 5.82 Å². The van der Waals surface area contributed by atoms with E-state index >= 15 is 0 Å². The molecule has 2 atom stereocenters. The summed E-state index contributed by atoms with van der Waals surface area (Å²) in [6, 6.07) is 5.97. The summed E-state index contributed by atoms with van der Waals surface area (Å²) in [4.78, 5) is 2.28. The highest BCUT2D eigenvalue weighted by Crippen LogP contribution is 2.25. The molecule has 0 aromatic heterocycles. The van der Waals surface area contributed by atoms with Gasteiger partial charge in [-0.2, -0.15) is 0 Å². The molecule has 1 aromatic carbocycles. The fourth-order valence-electron chi connectivity index (χ4n) is 2.78.